The molecule has 7 rings (SSSR count). The number of furan rings is 1. The SMILES string of the molecule is COc1ccc2c(c1F)C(=O)N(C[C@@]1(c3cc4nc(N(C5=CCN=C5)C5CCN(C)CC5)ccc4o3)CC(=O)NC1=O)C2. The molecule has 4 aliphatic rings. The number of nitrogens with zero attached hydrogens (tertiary/aromatic N) is 5. The second kappa shape index (κ2) is 10.3. The molecule has 0 bridgehead atoms. The summed E-state index contributed by atoms with van der Waals surface area (Å²) in [5.74, 6) is -1.43. The second-order valence-electron chi connectivity index (χ2n) is 11.6. The van der Waals surface area contributed by atoms with Crippen LogP contribution < -0.4 is 15.0 Å². The van der Waals surface area contributed by atoms with Crippen LogP contribution in [0.5, 0.6) is 5.75 Å². The number of allylic oxidation sites excluding steroid dienone is 1. The average Bonchev–Trinajstić information content (AvgIpc) is 3.78. The minimum atomic E-state index is -1.50. The number of anilines is 1. The number of hydrogen-bond donors (Lipinski definition) is 1. The van der Waals surface area contributed by atoms with Crippen molar-refractivity contribution in [2.45, 2.75) is 37.3 Å². The zero-order chi connectivity index (χ0) is 29.9. The number of nitrogens with one attached hydrogen (secondary N) is 1. The molecule has 2 saturated heterocycles. The Morgan fingerprint density at radius 2 is 2.00 bits per heavy atom. The Bertz CT molecular complexity index is 1720. The first-order valence-electron chi connectivity index (χ1n) is 14.3. The first-order valence-corrected chi connectivity index (χ1v) is 14.3. The maximum Gasteiger partial charge on any atom is 0.257 e. The molecule has 1 N–H and O–H groups in total. The van der Waals surface area contributed by atoms with Gasteiger partial charge in [0.1, 0.15) is 22.5 Å². The molecule has 6 heterocycles. The third-order valence-corrected chi connectivity index (χ3v) is 8.92. The molecule has 0 aliphatic carbocycles. The fourth-order valence-corrected chi connectivity index (χ4v) is 6.63. The van der Waals surface area contributed by atoms with E-state index in [-0.39, 0.29) is 42.6 Å². The summed E-state index contributed by atoms with van der Waals surface area (Å²) >= 11 is 0. The van der Waals surface area contributed by atoms with E-state index >= 15 is 4.39 Å². The number of aromatic nitrogens is 1. The van der Waals surface area contributed by atoms with Crippen LogP contribution in [0, 0.1) is 5.82 Å². The van der Waals surface area contributed by atoms with Crippen LogP contribution in [0.3, 0.4) is 0 Å². The predicted molar refractivity (Wildman–Crippen MR) is 156 cm³/mol. The number of rotatable bonds is 7. The van der Waals surface area contributed by atoms with E-state index in [1.54, 1.807) is 12.1 Å². The van der Waals surface area contributed by atoms with E-state index in [1.165, 1.54) is 18.1 Å². The van der Waals surface area contributed by atoms with Crippen molar-refractivity contribution in [2.75, 3.05) is 45.2 Å². The fourth-order valence-electron chi connectivity index (χ4n) is 6.63. The number of halogens is 1. The van der Waals surface area contributed by atoms with E-state index in [0.29, 0.717) is 23.2 Å². The molecule has 1 aromatic carbocycles. The standard InChI is InChI=1S/C31H31FN6O5/c1-36-11-8-19(9-12-36)38(20-7-10-33-15-20)25-6-5-22-21(34-25)13-24(43-22)31(14-26(39)35-30(31)41)17-37-16-18-3-4-23(42-2)28(32)27(18)29(37)40/h3-7,13,15,19H,8-12,14,16-17H2,1-2H3,(H,35,39,41)/t31-/m1/s1. The largest absolute Gasteiger partial charge is 0.494 e. The Hall–Kier alpha value is -4.58. The molecule has 0 saturated carbocycles. The van der Waals surface area contributed by atoms with E-state index < -0.39 is 29.0 Å². The van der Waals surface area contributed by atoms with Gasteiger partial charge in [0.2, 0.25) is 11.8 Å². The van der Waals surface area contributed by atoms with Gasteiger partial charge in [-0.1, -0.05) is 6.07 Å². The number of aliphatic imine (C=N–C) groups is 1. The van der Waals surface area contributed by atoms with Crippen LogP contribution in [-0.2, 0) is 21.5 Å². The summed E-state index contributed by atoms with van der Waals surface area (Å²) in [5, 5.41) is 2.38. The number of pyridine rings is 1. The summed E-state index contributed by atoms with van der Waals surface area (Å²) in [4.78, 5) is 54.6. The lowest BCUT2D eigenvalue weighted by atomic mass is 9.82. The van der Waals surface area contributed by atoms with E-state index in [1.807, 2.05) is 18.3 Å². The summed E-state index contributed by atoms with van der Waals surface area (Å²) in [6.07, 6.45) is 5.69. The molecule has 12 heteroatoms. The van der Waals surface area contributed by atoms with Crippen molar-refractivity contribution >= 4 is 40.9 Å². The zero-order valence-corrected chi connectivity index (χ0v) is 23.9. The van der Waals surface area contributed by atoms with Crippen molar-refractivity contribution in [1.29, 1.82) is 0 Å². The quantitative estimate of drug-likeness (QED) is 0.420. The highest BCUT2D eigenvalue weighted by Gasteiger charge is 2.53. The summed E-state index contributed by atoms with van der Waals surface area (Å²) in [5.41, 5.74) is 0.878. The molecule has 2 aromatic heterocycles. The van der Waals surface area contributed by atoms with Gasteiger partial charge in [-0.2, -0.15) is 0 Å². The highest BCUT2D eigenvalue weighted by molar-refractivity contribution is 6.10. The van der Waals surface area contributed by atoms with Gasteiger partial charge in [0.05, 0.1) is 31.3 Å². The summed E-state index contributed by atoms with van der Waals surface area (Å²) in [6, 6.07) is 8.74. The Morgan fingerprint density at radius 1 is 1.19 bits per heavy atom. The Kier molecular flexibility index (Phi) is 6.53. The summed E-state index contributed by atoms with van der Waals surface area (Å²) in [6.45, 7) is 2.49. The van der Waals surface area contributed by atoms with Gasteiger partial charge in [0.25, 0.3) is 5.91 Å². The Balaban J connectivity index is 1.24. The zero-order valence-electron chi connectivity index (χ0n) is 23.9. The summed E-state index contributed by atoms with van der Waals surface area (Å²) in [7, 11) is 3.45. The molecule has 4 aliphatic heterocycles. The summed E-state index contributed by atoms with van der Waals surface area (Å²) < 4.78 is 26.3. The Morgan fingerprint density at radius 3 is 2.70 bits per heavy atom. The normalized spacial score (nSPS) is 22.4. The molecule has 1 atom stereocenters. The van der Waals surface area contributed by atoms with Gasteiger partial charge in [-0.15, -0.1) is 0 Å². The number of imide groups is 1. The number of likely N-dealkylation sites (tertiary alicyclic amines) is 1. The van der Waals surface area contributed by atoms with Crippen molar-refractivity contribution in [3.8, 4) is 5.75 Å². The molecule has 222 valence electrons. The maximum atomic E-state index is 15.0. The number of benzene rings is 1. The van der Waals surface area contributed by atoms with Crippen molar-refractivity contribution in [2.24, 2.45) is 4.99 Å². The van der Waals surface area contributed by atoms with Gasteiger partial charge in [0.15, 0.2) is 17.1 Å². The molecule has 3 amide bonds. The molecule has 0 spiro atoms. The molecule has 11 nitrogen and oxygen atoms in total. The van der Waals surface area contributed by atoms with Crippen LogP contribution in [-0.4, -0.2) is 85.1 Å². The van der Waals surface area contributed by atoms with Crippen molar-refractivity contribution < 1.29 is 27.9 Å². The van der Waals surface area contributed by atoms with Crippen LogP contribution in [0.4, 0.5) is 10.2 Å². The van der Waals surface area contributed by atoms with Crippen LogP contribution >= 0.6 is 0 Å². The minimum Gasteiger partial charge on any atom is -0.494 e. The third kappa shape index (κ3) is 4.48. The van der Waals surface area contributed by atoms with Crippen LogP contribution in [0.15, 0.2) is 51.5 Å². The number of amides is 3. The van der Waals surface area contributed by atoms with E-state index in [4.69, 9.17) is 14.1 Å². The molecule has 2 fully saturated rings. The van der Waals surface area contributed by atoms with E-state index in [9.17, 15) is 14.4 Å². The predicted octanol–water partition coefficient (Wildman–Crippen LogP) is 2.78. The van der Waals surface area contributed by atoms with Gasteiger partial charge in [-0.05, 0) is 62.8 Å². The molecular formula is C31H31FN6O5. The fraction of sp³-hybridized carbons (Fsp3) is 0.387. The number of methoxy groups -OCH3 is 1. The first-order chi connectivity index (χ1) is 20.8. The van der Waals surface area contributed by atoms with E-state index in [2.05, 4.69) is 33.2 Å². The number of hydrogen-bond acceptors (Lipinski definition) is 9. The Labute approximate surface area is 247 Å². The van der Waals surface area contributed by atoms with Crippen molar-refractivity contribution in [3.63, 3.8) is 0 Å². The molecule has 43 heavy (non-hydrogen) atoms. The number of piperidine rings is 1. The number of carbonyl (C=O) groups is 3. The van der Waals surface area contributed by atoms with Crippen molar-refractivity contribution in [3.05, 3.63) is 64.8 Å². The van der Waals surface area contributed by atoms with Gasteiger partial charge in [-0.25, -0.2) is 9.37 Å². The highest BCUT2D eigenvalue weighted by Crippen LogP contribution is 2.40. The lowest BCUT2D eigenvalue weighted by Crippen LogP contribution is -2.46. The number of fused-ring (bicyclic) bond motifs is 2. The molecule has 0 unspecified atom stereocenters. The lowest BCUT2D eigenvalue weighted by molar-refractivity contribution is -0.127. The average molecular weight is 587 g/mol. The first kappa shape index (κ1) is 27.3. The topological polar surface area (TPSA) is 121 Å². The highest BCUT2D eigenvalue weighted by atomic mass is 19.1. The van der Waals surface area contributed by atoms with Crippen LogP contribution in [0.25, 0.3) is 11.1 Å². The smallest absolute Gasteiger partial charge is 0.257 e. The minimum absolute atomic E-state index is 0.0365. The second-order valence-corrected chi connectivity index (χ2v) is 11.6. The maximum absolute atomic E-state index is 15.0. The monoisotopic (exact) mass is 586 g/mol. The van der Waals surface area contributed by atoms with Gasteiger partial charge >= 0.3 is 0 Å². The van der Waals surface area contributed by atoms with Gasteiger partial charge in [0, 0.05) is 31.4 Å². The van der Waals surface area contributed by atoms with E-state index in [0.717, 1.165) is 37.4 Å². The molecule has 0 radical (unpaired) electrons. The number of ether oxygens (including phenoxy) is 1. The molecular weight excluding hydrogens is 555 g/mol. The van der Waals surface area contributed by atoms with Gasteiger partial charge in [-0.3, -0.25) is 24.7 Å². The lowest BCUT2D eigenvalue weighted by Gasteiger charge is -2.38. The number of carbonyl (C=O) groups excluding carboxylic acids is 3. The third-order valence-electron chi connectivity index (χ3n) is 8.92. The van der Waals surface area contributed by atoms with Crippen LogP contribution in [0.1, 0.15) is 40.9 Å². The van der Waals surface area contributed by atoms with Crippen molar-refractivity contribution in [1.82, 2.24) is 20.1 Å². The molecule has 3 aromatic rings. The van der Waals surface area contributed by atoms with Gasteiger partial charge < -0.3 is 23.9 Å². The van der Waals surface area contributed by atoms with Crippen LogP contribution in [0.2, 0.25) is 0 Å².